The molecule has 7 aromatic carbocycles. The highest BCUT2D eigenvalue weighted by atomic mass is 15.2. The Hall–Kier alpha value is -6.12. The van der Waals surface area contributed by atoms with Gasteiger partial charge in [-0.15, -0.1) is 0 Å². The minimum absolute atomic E-state index is 0.249. The monoisotopic (exact) mass is 638 g/mol. The van der Waals surface area contributed by atoms with Crippen LogP contribution in [0, 0.1) is 0 Å². The number of hydrogen-bond acceptors (Lipinski definition) is 1. The van der Waals surface area contributed by atoms with Crippen LogP contribution in [0.15, 0.2) is 158 Å². The summed E-state index contributed by atoms with van der Waals surface area (Å²) in [4.78, 5) is 2.59. The van der Waals surface area contributed by atoms with Gasteiger partial charge in [0.15, 0.2) is 0 Å². The molecule has 2 nitrogen and oxygen atoms in total. The van der Waals surface area contributed by atoms with Crippen LogP contribution in [0.25, 0.3) is 66.1 Å². The molecule has 0 saturated heterocycles. The van der Waals surface area contributed by atoms with Crippen molar-refractivity contribution < 1.29 is 0 Å². The van der Waals surface area contributed by atoms with Crippen LogP contribution in [-0.2, 0) is 6.42 Å². The first-order valence-corrected chi connectivity index (χ1v) is 17.9. The van der Waals surface area contributed by atoms with Crippen molar-refractivity contribution in [2.45, 2.75) is 25.3 Å². The smallest absolute Gasteiger partial charge is 0.0633 e. The Morgan fingerprint density at radius 1 is 0.560 bits per heavy atom. The van der Waals surface area contributed by atoms with Crippen LogP contribution in [0.3, 0.4) is 0 Å². The van der Waals surface area contributed by atoms with Crippen molar-refractivity contribution in [3.8, 4) is 5.69 Å². The number of nitrogens with zero attached hydrogens (tertiary/aromatic N) is 2. The molecule has 1 atom stereocenters. The molecule has 0 N–H and O–H groups in total. The Kier molecular flexibility index (Phi) is 5.94. The van der Waals surface area contributed by atoms with Gasteiger partial charge in [0.25, 0.3) is 0 Å². The highest BCUT2D eigenvalue weighted by Crippen LogP contribution is 2.50. The van der Waals surface area contributed by atoms with E-state index in [9.17, 15) is 0 Å². The van der Waals surface area contributed by atoms with Gasteiger partial charge in [0.05, 0.1) is 11.6 Å². The number of para-hydroxylation sites is 2. The van der Waals surface area contributed by atoms with E-state index in [1.165, 1.54) is 93.8 Å². The Morgan fingerprint density at radius 3 is 2.06 bits per heavy atom. The Labute approximate surface area is 291 Å². The van der Waals surface area contributed by atoms with Gasteiger partial charge in [-0.1, -0.05) is 115 Å². The topological polar surface area (TPSA) is 8.17 Å². The van der Waals surface area contributed by atoms with Crippen molar-refractivity contribution in [3.63, 3.8) is 0 Å². The average molecular weight is 639 g/mol. The van der Waals surface area contributed by atoms with Crippen molar-refractivity contribution in [3.05, 3.63) is 180 Å². The van der Waals surface area contributed by atoms with Crippen molar-refractivity contribution >= 4 is 71.8 Å². The van der Waals surface area contributed by atoms with Gasteiger partial charge in [-0.05, 0) is 117 Å². The molecule has 1 aliphatic heterocycles. The summed E-state index contributed by atoms with van der Waals surface area (Å²) in [7, 11) is 0. The molecule has 11 rings (SSSR count). The highest BCUT2D eigenvalue weighted by Gasteiger charge is 2.36. The van der Waals surface area contributed by atoms with E-state index in [0.29, 0.717) is 0 Å². The van der Waals surface area contributed by atoms with Gasteiger partial charge >= 0.3 is 0 Å². The summed E-state index contributed by atoms with van der Waals surface area (Å²) in [5, 5.41) is 9.21. The SMILES string of the molecule is C1=Cc2c(n(-c3ccccc3)c3ccc(C4=CCC5C(=C4)c4ccccc4N5c4ccc5c6ccccc6c6ccccc6c5c4)cc23)CC1. The van der Waals surface area contributed by atoms with Crippen molar-refractivity contribution in [1.29, 1.82) is 0 Å². The molecule has 3 aliphatic rings. The fourth-order valence-electron chi connectivity index (χ4n) is 9.12. The molecule has 236 valence electrons. The maximum absolute atomic E-state index is 2.59. The maximum Gasteiger partial charge on any atom is 0.0633 e. The zero-order valence-corrected chi connectivity index (χ0v) is 27.7. The number of aromatic nitrogens is 1. The third-order valence-corrected chi connectivity index (χ3v) is 11.3. The minimum atomic E-state index is 0.249. The van der Waals surface area contributed by atoms with Crippen LogP contribution in [0.1, 0.15) is 35.2 Å². The predicted octanol–water partition coefficient (Wildman–Crippen LogP) is 12.4. The van der Waals surface area contributed by atoms with Gasteiger partial charge in [0.1, 0.15) is 0 Å². The largest absolute Gasteiger partial charge is 0.333 e. The molecule has 0 amide bonds. The van der Waals surface area contributed by atoms with Gasteiger partial charge in [0.2, 0.25) is 0 Å². The van der Waals surface area contributed by atoms with Crippen molar-refractivity contribution in [1.82, 2.24) is 4.57 Å². The first-order chi connectivity index (χ1) is 24.8. The molecule has 8 aromatic rings. The zero-order chi connectivity index (χ0) is 32.8. The number of hydrogen-bond donors (Lipinski definition) is 0. The second kappa shape index (κ2) is 10.7. The normalized spacial score (nSPS) is 16.5. The Balaban J connectivity index is 1.03. The molecule has 2 heterocycles. The number of rotatable bonds is 3. The fraction of sp³-hybridized carbons (Fsp3) is 0.0833. The molecule has 0 bridgehead atoms. The number of allylic oxidation sites excluding steroid dienone is 3. The Morgan fingerprint density at radius 2 is 1.26 bits per heavy atom. The summed E-state index contributed by atoms with van der Waals surface area (Å²) < 4.78 is 2.47. The third-order valence-electron chi connectivity index (χ3n) is 11.3. The van der Waals surface area contributed by atoms with Crippen molar-refractivity contribution in [2.75, 3.05) is 4.90 Å². The van der Waals surface area contributed by atoms with E-state index in [0.717, 1.165) is 19.3 Å². The lowest BCUT2D eigenvalue weighted by molar-refractivity contribution is 0.832. The lowest BCUT2D eigenvalue weighted by Crippen LogP contribution is -2.27. The maximum atomic E-state index is 2.59. The second-order valence-electron chi connectivity index (χ2n) is 13.9. The number of benzene rings is 7. The lowest BCUT2D eigenvalue weighted by Gasteiger charge is -2.30. The Bertz CT molecular complexity index is 2760. The third kappa shape index (κ3) is 3.96. The molecule has 50 heavy (non-hydrogen) atoms. The standard InChI is InChI=1S/C48H34N2/c1-2-12-33(13-3-1)49-45-20-10-8-18-40(45)43-28-31(22-26-47(43)49)32-23-27-48-44(29-32)41-19-9-11-21-46(41)50(48)34-24-25-39-37-16-5-4-14-35(37)36-15-6-7-17-38(36)42(39)30-34/h1-9,11-19,21-26,28-30,48H,10,20,27H2. The first kappa shape index (κ1) is 27.8. The zero-order valence-electron chi connectivity index (χ0n) is 27.7. The van der Waals surface area contributed by atoms with E-state index < -0.39 is 0 Å². The lowest BCUT2D eigenvalue weighted by atomic mass is 9.88. The molecule has 0 spiro atoms. The fourth-order valence-corrected chi connectivity index (χ4v) is 9.12. The summed E-state index contributed by atoms with van der Waals surface area (Å²) in [6.07, 6.45) is 12.7. The van der Waals surface area contributed by atoms with Crippen LogP contribution in [0.4, 0.5) is 11.4 Å². The van der Waals surface area contributed by atoms with E-state index in [-0.39, 0.29) is 6.04 Å². The van der Waals surface area contributed by atoms with Crippen LogP contribution >= 0.6 is 0 Å². The van der Waals surface area contributed by atoms with Crippen LogP contribution in [-0.4, -0.2) is 10.6 Å². The van der Waals surface area contributed by atoms with E-state index >= 15 is 0 Å². The van der Waals surface area contributed by atoms with E-state index in [4.69, 9.17) is 0 Å². The first-order valence-electron chi connectivity index (χ1n) is 17.9. The summed E-state index contributed by atoms with van der Waals surface area (Å²) in [6, 6.07) is 52.0. The van der Waals surface area contributed by atoms with Crippen LogP contribution in [0.2, 0.25) is 0 Å². The van der Waals surface area contributed by atoms with E-state index in [1.54, 1.807) is 0 Å². The summed E-state index contributed by atoms with van der Waals surface area (Å²) >= 11 is 0. The average Bonchev–Trinajstić information content (AvgIpc) is 3.70. The van der Waals surface area contributed by atoms with Crippen LogP contribution < -0.4 is 4.90 Å². The van der Waals surface area contributed by atoms with Gasteiger partial charge < -0.3 is 9.47 Å². The highest BCUT2D eigenvalue weighted by molar-refractivity contribution is 6.25. The molecular weight excluding hydrogens is 605 g/mol. The number of anilines is 2. The summed E-state index contributed by atoms with van der Waals surface area (Å²) in [5.74, 6) is 0. The summed E-state index contributed by atoms with van der Waals surface area (Å²) in [5.41, 5.74) is 13.2. The molecule has 0 radical (unpaired) electrons. The summed E-state index contributed by atoms with van der Waals surface area (Å²) in [6.45, 7) is 0. The van der Waals surface area contributed by atoms with Gasteiger partial charge in [-0.25, -0.2) is 0 Å². The molecular formula is C48H34N2. The molecule has 2 aliphatic carbocycles. The van der Waals surface area contributed by atoms with E-state index in [1.807, 2.05) is 0 Å². The quantitative estimate of drug-likeness (QED) is 0.175. The van der Waals surface area contributed by atoms with Gasteiger partial charge in [0, 0.05) is 39.3 Å². The van der Waals surface area contributed by atoms with Gasteiger partial charge in [-0.3, -0.25) is 0 Å². The molecule has 1 aromatic heterocycles. The molecule has 0 fully saturated rings. The van der Waals surface area contributed by atoms with Crippen molar-refractivity contribution in [2.24, 2.45) is 0 Å². The molecule has 0 saturated carbocycles. The molecule has 1 unspecified atom stereocenters. The second-order valence-corrected chi connectivity index (χ2v) is 13.9. The van der Waals surface area contributed by atoms with Crippen LogP contribution in [0.5, 0.6) is 0 Å². The predicted molar refractivity (Wildman–Crippen MR) is 213 cm³/mol. The van der Waals surface area contributed by atoms with Gasteiger partial charge in [-0.2, -0.15) is 0 Å². The van der Waals surface area contributed by atoms with E-state index in [2.05, 4.69) is 173 Å². The minimum Gasteiger partial charge on any atom is -0.333 e. The number of fused-ring (bicyclic) bond motifs is 12. The molecule has 2 heteroatoms.